The molecule has 5 rings (SSSR count). The molecular weight excluding hydrogens is 608 g/mol. The van der Waals surface area contributed by atoms with Gasteiger partial charge in [-0.25, -0.2) is 13.2 Å². The Labute approximate surface area is 268 Å². The largest absolute Gasteiger partial charge is 0.497 e. The third kappa shape index (κ3) is 6.79. The minimum absolute atomic E-state index is 0.0545. The topological polar surface area (TPSA) is 138 Å². The van der Waals surface area contributed by atoms with Gasteiger partial charge < -0.3 is 30.1 Å². The van der Waals surface area contributed by atoms with Crippen LogP contribution in [0.4, 0.5) is 16.2 Å². The average Bonchev–Trinajstić information content (AvgIpc) is 3.06. The average molecular weight is 647 g/mol. The standard InChI is InChI=1S/C34H38N4O7S/c1-22-19-38(23(2)21-39)33(40)28-12-8-14-30(36-34(41)35-29-13-7-10-24-9-5-6-11-27(24)29)32(28)45-31(22)20-37(3)46(42,43)26-17-15-25(44-4)16-18-26/h5-18,22-23,31,39H,19-21H2,1-4H3,(H2,35,36,41)/t22-,23-,31+/m0/s1. The van der Waals surface area contributed by atoms with Gasteiger partial charge in [0.25, 0.3) is 5.91 Å². The van der Waals surface area contributed by atoms with E-state index < -0.39 is 28.2 Å². The van der Waals surface area contributed by atoms with Crippen molar-refractivity contribution in [2.75, 3.05) is 44.5 Å². The number of carbonyl (C=O) groups excluding carboxylic acids is 2. The minimum Gasteiger partial charge on any atom is -0.497 e. The van der Waals surface area contributed by atoms with Crippen molar-refractivity contribution in [1.82, 2.24) is 9.21 Å². The first-order valence-corrected chi connectivity index (χ1v) is 16.3. The van der Waals surface area contributed by atoms with Crippen LogP contribution in [-0.4, -0.2) is 80.7 Å². The fourth-order valence-corrected chi connectivity index (χ4v) is 6.63. The zero-order valence-electron chi connectivity index (χ0n) is 26.1. The number of methoxy groups -OCH3 is 1. The molecule has 0 aromatic heterocycles. The predicted molar refractivity (Wildman–Crippen MR) is 177 cm³/mol. The number of ether oxygens (including phenoxy) is 2. The van der Waals surface area contributed by atoms with E-state index in [0.29, 0.717) is 11.4 Å². The van der Waals surface area contributed by atoms with E-state index in [9.17, 15) is 23.1 Å². The molecule has 11 nitrogen and oxygen atoms in total. The summed E-state index contributed by atoms with van der Waals surface area (Å²) < 4.78 is 39.9. The van der Waals surface area contributed by atoms with Crippen molar-refractivity contribution in [3.63, 3.8) is 0 Å². The highest BCUT2D eigenvalue weighted by molar-refractivity contribution is 7.89. The van der Waals surface area contributed by atoms with Crippen molar-refractivity contribution in [3.8, 4) is 11.5 Å². The van der Waals surface area contributed by atoms with Crippen molar-refractivity contribution in [2.24, 2.45) is 5.92 Å². The summed E-state index contributed by atoms with van der Waals surface area (Å²) in [6.45, 7) is 3.48. The first kappa shape index (κ1) is 32.7. The van der Waals surface area contributed by atoms with Crippen molar-refractivity contribution in [2.45, 2.75) is 30.9 Å². The van der Waals surface area contributed by atoms with Crippen LogP contribution in [0.25, 0.3) is 10.8 Å². The number of hydrogen-bond donors (Lipinski definition) is 3. The molecule has 0 radical (unpaired) electrons. The van der Waals surface area contributed by atoms with Crippen LogP contribution in [0.5, 0.6) is 11.5 Å². The summed E-state index contributed by atoms with van der Waals surface area (Å²) >= 11 is 0. The molecule has 12 heteroatoms. The zero-order chi connectivity index (χ0) is 33.0. The SMILES string of the molecule is COc1ccc(S(=O)(=O)N(C)C[C@H]2Oc3c(NC(=O)Nc4cccc5ccccc45)cccc3C(=O)N([C@@H](C)CO)C[C@@H]2C)cc1. The summed E-state index contributed by atoms with van der Waals surface area (Å²) in [5.41, 5.74) is 1.02. The smallest absolute Gasteiger partial charge is 0.323 e. The summed E-state index contributed by atoms with van der Waals surface area (Å²) in [5.74, 6) is -0.0960. The van der Waals surface area contributed by atoms with Gasteiger partial charge in [-0.3, -0.25) is 4.79 Å². The second kappa shape index (κ2) is 13.8. The number of nitrogens with one attached hydrogen (secondary N) is 2. The van der Waals surface area contributed by atoms with Crippen LogP contribution in [0.15, 0.2) is 89.8 Å². The van der Waals surface area contributed by atoms with Crippen LogP contribution >= 0.6 is 0 Å². The number of urea groups is 1. The molecule has 4 aromatic carbocycles. The molecule has 1 heterocycles. The van der Waals surface area contributed by atoms with Gasteiger partial charge >= 0.3 is 6.03 Å². The van der Waals surface area contributed by atoms with Crippen molar-refractivity contribution >= 4 is 44.1 Å². The number of aliphatic hydroxyl groups is 1. The Morgan fingerprint density at radius 1 is 1.02 bits per heavy atom. The minimum atomic E-state index is -3.91. The first-order chi connectivity index (χ1) is 22.0. The number of hydrogen-bond acceptors (Lipinski definition) is 7. The molecule has 4 aromatic rings. The summed E-state index contributed by atoms with van der Waals surface area (Å²) in [6, 6.07) is 23.1. The third-order valence-corrected chi connectivity index (χ3v) is 10.0. The van der Waals surface area contributed by atoms with Crippen LogP contribution in [0.2, 0.25) is 0 Å². The molecule has 242 valence electrons. The Morgan fingerprint density at radius 3 is 2.39 bits per heavy atom. The normalized spacial score (nSPS) is 17.4. The molecule has 0 spiro atoms. The third-order valence-electron chi connectivity index (χ3n) is 8.18. The lowest BCUT2D eigenvalue weighted by molar-refractivity contribution is 0.0389. The second-order valence-corrected chi connectivity index (χ2v) is 13.4. The maximum atomic E-state index is 13.8. The van der Waals surface area contributed by atoms with Crippen LogP contribution in [-0.2, 0) is 10.0 Å². The lowest BCUT2D eigenvalue weighted by atomic mass is 9.99. The van der Waals surface area contributed by atoms with Gasteiger partial charge in [-0.2, -0.15) is 4.31 Å². The molecule has 0 aliphatic carbocycles. The molecule has 0 saturated carbocycles. The van der Waals surface area contributed by atoms with E-state index in [1.165, 1.54) is 30.6 Å². The van der Waals surface area contributed by atoms with Gasteiger partial charge in [-0.05, 0) is 54.8 Å². The Morgan fingerprint density at radius 2 is 1.67 bits per heavy atom. The molecule has 3 N–H and O–H groups in total. The van der Waals surface area contributed by atoms with Crippen molar-refractivity contribution < 1.29 is 32.6 Å². The number of likely N-dealkylation sites (N-methyl/N-ethyl adjacent to an activating group) is 1. The highest BCUT2D eigenvalue weighted by Crippen LogP contribution is 2.35. The number of rotatable bonds is 9. The zero-order valence-corrected chi connectivity index (χ0v) is 27.0. The summed E-state index contributed by atoms with van der Waals surface area (Å²) in [6.07, 6.45) is -0.734. The highest BCUT2D eigenvalue weighted by Gasteiger charge is 2.36. The second-order valence-electron chi connectivity index (χ2n) is 11.4. The Balaban J connectivity index is 1.47. The van der Waals surface area contributed by atoms with Crippen LogP contribution in [0.1, 0.15) is 24.2 Å². The van der Waals surface area contributed by atoms with Gasteiger partial charge in [-0.15, -0.1) is 0 Å². The van der Waals surface area contributed by atoms with E-state index >= 15 is 0 Å². The number of benzene rings is 4. The number of amides is 3. The maximum absolute atomic E-state index is 13.8. The quantitative estimate of drug-likeness (QED) is 0.232. The number of anilines is 2. The van der Waals surface area contributed by atoms with Gasteiger partial charge in [0.2, 0.25) is 10.0 Å². The number of fused-ring (bicyclic) bond motifs is 2. The van der Waals surface area contributed by atoms with E-state index in [1.807, 2.05) is 43.3 Å². The van der Waals surface area contributed by atoms with E-state index in [2.05, 4.69) is 10.6 Å². The molecule has 3 atom stereocenters. The molecule has 0 saturated heterocycles. The van der Waals surface area contributed by atoms with Gasteiger partial charge in [0.15, 0.2) is 5.75 Å². The van der Waals surface area contributed by atoms with Gasteiger partial charge in [0.1, 0.15) is 11.9 Å². The molecule has 3 amide bonds. The highest BCUT2D eigenvalue weighted by atomic mass is 32.2. The lowest BCUT2D eigenvalue weighted by Gasteiger charge is -2.38. The Kier molecular flexibility index (Phi) is 9.80. The number of sulfonamides is 1. The summed E-state index contributed by atoms with van der Waals surface area (Å²) in [7, 11) is -0.943. The fourth-order valence-electron chi connectivity index (χ4n) is 5.45. The van der Waals surface area contributed by atoms with Crippen LogP contribution in [0.3, 0.4) is 0 Å². The van der Waals surface area contributed by atoms with Gasteiger partial charge in [-0.1, -0.05) is 49.4 Å². The van der Waals surface area contributed by atoms with Crippen molar-refractivity contribution in [3.05, 3.63) is 90.5 Å². The number of nitrogens with zero attached hydrogens (tertiary/aromatic N) is 2. The van der Waals surface area contributed by atoms with Crippen molar-refractivity contribution in [1.29, 1.82) is 0 Å². The first-order valence-electron chi connectivity index (χ1n) is 14.9. The van der Waals surface area contributed by atoms with E-state index in [4.69, 9.17) is 9.47 Å². The van der Waals surface area contributed by atoms with Gasteiger partial charge in [0.05, 0.1) is 48.1 Å². The van der Waals surface area contributed by atoms with E-state index in [-0.39, 0.29) is 53.4 Å². The van der Waals surface area contributed by atoms with E-state index in [1.54, 1.807) is 48.2 Å². The molecule has 46 heavy (non-hydrogen) atoms. The molecule has 1 aliphatic heterocycles. The summed E-state index contributed by atoms with van der Waals surface area (Å²) in [5, 5.41) is 17.5. The van der Waals surface area contributed by atoms with Crippen LogP contribution < -0.4 is 20.1 Å². The number of aliphatic hydroxyl groups excluding tert-OH is 1. The lowest BCUT2D eigenvalue weighted by Crippen LogP contribution is -2.50. The molecule has 0 unspecified atom stereocenters. The monoisotopic (exact) mass is 646 g/mol. The number of para-hydroxylation sites is 1. The fraction of sp³-hybridized carbons (Fsp3) is 0.294. The van der Waals surface area contributed by atoms with E-state index in [0.717, 1.165) is 10.8 Å². The molecule has 1 aliphatic rings. The maximum Gasteiger partial charge on any atom is 0.323 e. The van der Waals surface area contributed by atoms with Crippen LogP contribution in [0, 0.1) is 5.92 Å². The molecule has 0 fully saturated rings. The Hall–Kier alpha value is -4.65. The summed E-state index contributed by atoms with van der Waals surface area (Å²) in [4.78, 5) is 28.8. The predicted octanol–water partition coefficient (Wildman–Crippen LogP) is 5.03. The Bertz CT molecular complexity index is 1830. The van der Waals surface area contributed by atoms with Gasteiger partial charge in [0, 0.05) is 24.9 Å². The molecule has 0 bridgehead atoms. The number of carbonyl (C=O) groups is 2. The molecular formula is C34H38N4O7S.